The van der Waals surface area contributed by atoms with Gasteiger partial charge in [-0.05, 0) is 12.1 Å². The summed E-state index contributed by atoms with van der Waals surface area (Å²) in [7, 11) is 1.71. The maximum absolute atomic E-state index is 10.9. The summed E-state index contributed by atoms with van der Waals surface area (Å²) in [5, 5.41) is 0. The first kappa shape index (κ1) is 18.3. The third-order valence-electron chi connectivity index (χ3n) is 5.46. The minimum absolute atomic E-state index is 0.737. The van der Waals surface area contributed by atoms with Gasteiger partial charge in [-0.3, -0.25) is 4.79 Å². The average Bonchev–Trinajstić information content (AvgIpc) is 2.79. The van der Waals surface area contributed by atoms with Crippen LogP contribution < -0.4 is 19.4 Å². The molecule has 148 valence electrons. The van der Waals surface area contributed by atoms with Crippen molar-refractivity contribution in [1.29, 1.82) is 0 Å². The van der Waals surface area contributed by atoms with Gasteiger partial charge in [0.15, 0.2) is 0 Å². The summed E-state index contributed by atoms with van der Waals surface area (Å²) in [6.07, 6.45) is 2.56. The van der Waals surface area contributed by atoms with Gasteiger partial charge in [-0.15, -0.1) is 0 Å². The number of rotatable bonds is 5. The molecule has 2 saturated heterocycles. The van der Waals surface area contributed by atoms with Gasteiger partial charge in [0.25, 0.3) is 0 Å². The lowest BCUT2D eigenvalue weighted by molar-refractivity contribution is -0.118. The number of hydrogen-bond donors (Lipinski definition) is 0. The topological polar surface area (TPSA) is 65.0 Å². The summed E-state index contributed by atoms with van der Waals surface area (Å²) >= 11 is 0. The second-order valence-corrected chi connectivity index (χ2v) is 7.01. The highest BCUT2D eigenvalue weighted by molar-refractivity contribution is 5.60. The van der Waals surface area contributed by atoms with Crippen LogP contribution >= 0.6 is 0 Å². The number of aromatic nitrogens is 2. The monoisotopic (exact) mass is 382 g/mol. The highest BCUT2D eigenvalue weighted by atomic mass is 16.5. The largest absolute Gasteiger partial charge is 0.495 e. The molecule has 1 aromatic heterocycles. The summed E-state index contributed by atoms with van der Waals surface area (Å²) in [6.45, 7) is 6.70. The molecule has 8 heteroatoms. The van der Waals surface area contributed by atoms with Crippen LogP contribution in [0.1, 0.15) is 0 Å². The van der Waals surface area contributed by atoms with Gasteiger partial charge in [0.2, 0.25) is 6.41 Å². The van der Waals surface area contributed by atoms with Crippen molar-refractivity contribution in [2.75, 3.05) is 74.2 Å². The molecular weight excluding hydrogens is 356 g/mol. The first-order chi connectivity index (χ1) is 13.8. The molecule has 0 bridgehead atoms. The van der Waals surface area contributed by atoms with Gasteiger partial charge in [0, 0.05) is 58.4 Å². The van der Waals surface area contributed by atoms with Crippen LogP contribution in [0.4, 0.5) is 17.3 Å². The molecule has 1 amide bonds. The number of hydrogen-bond acceptors (Lipinski definition) is 7. The lowest BCUT2D eigenvalue weighted by atomic mass is 10.2. The molecule has 0 spiro atoms. The van der Waals surface area contributed by atoms with Crippen molar-refractivity contribution in [3.05, 3.63) is 36.7 Å². The zero-order valence-corrected chi connectivity index (χ0v) is 16.2. The number of carbonyl (C=O) groups excluding carboxylic acids is 1. The fraction of sp³-hybridized carbons (Fsp3) is 0.450. The molecule has 0 N–H and O–H groups in total. The summed E-state index contributed by atoms with van der Waals surface area (Å²) in [4.78, 5) is 28.5. The molecule has 8 nitrogen and oxygen atoms in total. The molecule has 1 aromatic carbocycles. The van der Waals surface area contributed by atoms with Crippen LogP contribution in [0, 0.1) is 0 Å². The molecule has 2 aliphatic rings. The van der Waals surface area contributed by atoms with Crippen LogP contribution in [-0.4, -0.2) is 80.7 Å². The van der Waals surface area contributed by atoms with Crippen molar-refractivity contribution in [1.82, 2.24) is 14.9 Å². The number of ether oxygens (including phenoxy) is 1. The molecule has 2 aromatic rings. The molecule has 4 rings (SSSR count). The number of carbonyl (C=O) groups is 1. The van der Waals surface area contributed by atoms with E-state index >= 15 is 0 Å². The number of nitrogens with zero attached hydrogens (tertiary/aromatic N) is 6. The first-order valence-corrected chi connectivity index (χ1v) is 9.68. The Labute approximate surface area is 165 Å². The lowest BCUT2D eigenvalue weighted by Gasteiger charge is -2.37. The van der Waals surface area contributed by atoms with Gasteiger partial charge in [-0.2, -0.15) is 0 Å². The van der Waals surface area contributed by atoms with E-state index in [1.165, 1.54) is 0 Å². The summed E-state index contributed by atoms with van der Waals surface area (Å²) < 4.78 is 5.50. The first-order valence-electron chi connectivity index (χ1n) is 9.68. The molecule has 0 atom stereocenters. The van der Waals surface area contributed by atoms with Gasteiger partial charge in [0.05, 0.1) is 12.8 Å². The molecular formula is C20H26N6O2. The van der Waals surface area contributed by atoms with Crippen LogP contribution in [0.3, 0.4) is 0 Å². The van der Waals surface area contributed by atoms with Crippen molar-refractivity contribution >= 4 is 23.7 Å². The van der Waals surface area contributed by atoms with Crippen LogP contribution in [0.15, 0.2) is 36.7 Å². The van der Waals surface area contributed by atoms with E-state index in [-0.39, 0.29) is 0 Å². The second-order valence-electron chi connectivity index (χ2n) is 7.01. The maximum atomic E-state index is 10.9. The van der Waals surface area contributed by atoms with Gasteiger partial charge >= 0.3 is 0 Å². The second kappa shape index (κ2) is 8.33. The Morgan fingerprint density at radius 3 is 2.04 bits per heavy atom. The number of amides is 1. The Bertz CT molecular complexity index is 801. The van der Waals surface area contributed by atoms with Crippen molar-refractivity contribution in [3.8, 4) is 5.75 Å². The summed E-state index contributed by atoms with van der Waals surface area (Å²) in [6, 6.07) is 10.2. The van der Waals surface area contributed by atoms with Crippen molar-refractivity contribution < 1.29 is 9.53 Å². The van der Waals surface area contributed by atoms with Crippen LogP contribution in [0.25, 0.3) is 0 Å². The molecule has 0 radical (unpaired) electrons. The van der Waals surface area contributed by atoms with E-state index in [0.29, 0.717) is 0 Å². The molecule has 3 heterocycles. The SMILES string of the molecule is COc1ccccc1N1CCN(c2cc(N3CCN(C=O)CC3)ncn2)CC1. The van der Waals surface area contributed by atoms with E-state index in [2.05, 4.69) is 36.8 Å². The molecule has 0 aliphatic carbocycles. The number of benzene rings is 1. The number of anilines is 3. The van der Waals surface area contributed by atoms with E-state index < -0.39 is 0 Å². The molecule has 2 aliphatic heterocycles. The molecule has 2 fully saturated rings. The highest BCUT2D eigenvalue weighted by Crippen LogP contribution is 2.29. The predicted molar refractivity (Wildman–Crippen MR) is 109 cm³/mol. The van der Waals surface area contributed by atoms with Crippen molar-refractivity contribution in [2.24, 2.45) is 0 Å². The van der Waals surface area contributed by atoms with E-state index in [0.717, 1.165) is 81.8 Å². The van der Waals surface area contributed by atoms with E-state index in [9.17, 15) is 4.79 Å². The summed E-state index contributed by atoms with van der Waals surface area (Å²) in [5.41, 5.74) is 1.14. The van der Waals surface area contributed by atoms with Gasteiger partial charge in [-0.1, -0.05) is 12.1 Å². The molecule has 0 unspecified atom stereocenters. The fourth-order valence-electron chi connectivity index (χ4n) is 3.81. The van der Waals surface area contributed by atoms with E-state index in [1.807, 2.05) is 18.2 Å². The normalized spacial score (nSPS) is 17.6. The quantitative estimate of drug-likeness (QED) is 0.717. The lowest BCUT2D eigenvalue weighted by Crippen LogP contribution is -2.47. The Kier molecular flexibility index (Phi) is 5.45. The minimum atomic E-state index is 0.737. The zero-order chi connectivity index (χ0) is 19.3. The number of para-hydroxylation sites is 2. The third-order valence-corrected chi connectivity index (χ3v) is 5.46. The van der Waals surface area contributed by atoms with E-state index in [4.69, 9.17) is 4.74 Å². The highest BCUT2D eigenvalue weighted by Gasteiger charge is 2.22. The number of methoxy groups -OCH3 is 1. The van der Waals surface area contributed by atoms with Crippen LogP contribution in [0.5, 0.6) is 5.75 Å². The standard InChI is InChI=1S/C20H26N6O2/c1-28-18-5-3-2-4-17(18)24-10-12-26(13-11-24)20-14-19(21-15-22-20)25-8-6-23(16-27)7-9-25/h2-5,14-16H,6-13H2,1H3. The van der Waals surface area contributed by atoms with Gasteiger partial charge in [-0.25, -0.2) is 9.97 Å². The Morgan fingerprint density at radius 1 is 0.857 bits per heavy atom. The third kappa shape index (κ3) is 3.81. The molecule has 0 saturated carbocycles. The fourth-order valence-corrected chi connectivity index (χ4v) is 3.81. The smallest absolute Gasteiger partial charge is 0.209 e. The predicted octanol–water partition coefficient (Wildman–Crippen LogP) is 1.09. The van der Waals surface area contributed by atoms with Crippen molar-refractivity contribution in [2.45, 2.75) is 0 Å². The maximum Gasteiger partial charge on any atom is 0.209 e. The van der Waals surface area contributed by atoms with Gasteiger partial charge < -0.3 is 24.3 Å². The summed E-state index contributed by atoms with van der Waals surface area (Å²) in [5.74, 6) is 2.81. The average molecular weight is 382 g/mol. The Balaban J connectivity index is 1.40. The number of piperazine rings is 2. The van der Waals surface area contributed by atoms with Gasteiger partial charge in [0.1, 0.15) is 23.7 Å². The van der Waals surface area contributed by atoms with Crippen LogP contribution in [-0.2, 0) is 4.79 Å². The minimum Gasteiger partial charge on any atom is -0.495 e. The van der Waals surface area contributed by atoms with Crippen LogP contribution in [0.2, 0.25) is 0 Å². The Morgan fingerprint density at radius 2 is 1.43 bits per heavy atom. The zero-order valence-electron chi connectivity index (χ0n) is 16.2. The van der Waals surface area contributed by atoms with E-state index in [1.54, 1.807) is 18.3 Å². The molecule has 28 heavy (non-hydrogen) atoms. The van der Waals surface area contributed by atoms with Crippen molar-refractivity contribution in [3.63, 3.8) is 0 Å². The Hall–Kier alpha value is -3.03.